The lowest BCUT2D eigenvalue weighted by atomic mass is 10.1. The molecule has 0 saturated heterocycles. The van der Waals surface area contributed by atoms with Gasteiger partial charge in [-0.25, -0.2) is 18.6 Å². The molecule has 2 aromatic heterocycles. The number of allylic oxidation sites excluding steroid dienone is 1. The number of hydrogen-bond acceptors (Lipinski definition) is 7. The number of hydrogen-bond donors (Lipinski definition) is 3. The molecule has 2 heterocycles. The molecule has 0 radical (unpaired) electrons. The maximum Gasteiger partial charge on any atom is 0.407 e. The van der Waals surface area contributed by atoms with Gasteiger partial charge in [-0.2, -0.15) is 0 Å². The average Bonchev–Trinajstić information content (AvgIpc) is 3.43. The van der Waals surface area contributed by atoms with E-state index in [1.165, 1.54) is 33.9 Å². The first-order valence-electron chi connectivity index (χ1n) is 13.8. The molecular weight excluding hydrogens is 590 g/mol. The number of rotatable bonds is 12. The molecular formula is C31H32F2N6O6. The minimum atomic E-state index is -1.05. The number of likely N-dealkylation sites (N-methyl/N-ethyl adjacent to an activating group) is 1. The second-order valence-corrected chi connectivity index (χ2v) is 10.1. The fourth-order valence-corrected chi connectivity index (χ4v) is 4.29. The van der Waals surface area contributed by atoms with Gasteiger partial charge < -0.3 is 34.6 Å². The molecule has 2 aromatic carbocycles. The summed E-state index contributed by atoms with van der Waals surface area (Å²) in [6, 6.07) is 10.3. The van der Waals surface area contributed by atoms with Crippen LogP contribution in [0, 0.1) is 11.6 Å². The molecule has 0 aliphatic heterocycles. The molecule has 45 heavy (non-hydrogen) atoms. The van der Waals surface area contributed by atoms with Crippen molar-refractivity contribution in [3.63, 3.8) is 0 Å². The molecule has 1 atom stereocenters. The number of fused-ring (bicyclic) bond motifs is 1. The summed E-state index contributed by atoms with van der Waals surface area (Å²) in [5.74, 6) is -2.07. The van der Waals surface area contributed by atoms with Crippen LogP contribution in [0.5, 0.6) is 5.75 Å². The first kappa shape index (κ1) is 32.4. The Morgan fingerprint density at radius 1 is 1.13 bits per heavy atom. The number of imidazole rings is 1. The highest BCUT2D eigenvalue weighted by atomic mass is 19.1. The number of H-pyrrole nitrogens is 1. The van der Waals surface area contributed by atoms with E-state index in [2.05, 4.69) is 25.3 Å². The van der Waals surface area contributed by atoms with E-state index in [9.17, 15) is 28.0 Å². The summed E-state index contributed by atoms with van der Waals surface area (Å²) in [5, 5.41) is 5.01. The predicted molar refractivity (Wildman–Crippen MR) is 162 cm³/mol. The normalized spacial score (nSPS) is 11.8. The summed E-state index contributed by atoms with van der Waals surface area (Å²) in [6.07, 6.45) is 4.08. The number of pyridine rings is 1. The molecule has 3 amide bonds. The van der Waals surface area contributed by atoms with Crippen molar-refractivity contribution < 1.29 is 32.6 Å². The van der Waals surface area contributed by atoms with Crippen LogP contribution in [-0.2, 0) is 27.5 Å². The second-order valence-electron chi connectivity index (χ2n) is 10.1. The number of alkyl carbamates (subject to hydrolysis) is 1. The summed E-state index contributed by atoms with van der Waals surface area (Å²) >= 11 is 0. The summed E-state index contributed by atoms with van der Waals surface area (Å²) in [4.78, 5) is 59.1. The maximum atomic E-state index is 14.0. The third-order valence-electron chi connectivity index (χ3n) is 6.64. The number of ether oxygens (including phenoxy) is 2. The number of carbonyl (C=O) groups excluding carboxylic acids is 3. The van der Waals surface area contributed by atoms with Gasteiger partial charge in [0.15, 0.2) is 11.6 Å². The average molecular weight is 623 g/mol. The monoisotopic (exact) mass is 622 g/mol. The van der Waals surface area contributed by atoms with Crippen LogP contribution in [0.1, 0.15) is 24.2 Å². The molecule has 0 saturated carbocycles. The van der Waals surface area contributed by atoms with Gasteiger partial charge in [0.05, 0.1) is 24.7 Å². The van der Waals surface area contributed by atoms with E-state index in [1.807, 2.05) is 0 Å². The van der Waals surface area contributed by atoms with E-state index >= 15 is 0 Å². The summed E-state index contributed by atoms with van der Waals surface area (Å²) < 4.78 is 38.7. The molecule has 12 nitrogen and oxygen atoms in total. The molecule has 1 unspecified atom stereocenters. The number of nitrogens with zero attached hydrogens (tertiary/aromatic N) is 3. The van der Waals surface area contributed by atoms with Crippen molar-refractivity contribution in [1.29, 1.82) is 0 Å². The van der Waals surface area contributed by atoms with E-state index in [4.69, 9.17) is 4.74 Å². The van der Waals surface area contributed by atoms with Gasteiger partial charge in [0.2, 0.25) is 11.8 Å². The number of halogens is 2. The fourth-order valence-electron chi connectivity index (χ4n) is 4.29. The number of carbonyl (C=O) groups is 3. The number of benzene rings is 2. The van der Waals surface area contributed by atoms with Crippen LogP contribution in [0.25, 0.3) is 11.0 Å². The van der Waals surface area contributed by atoms with E-state index in [0.717, 1.165) is 19.2 Å². The van der Waals surface area contributed by atoms with Crippen molar-refractivity contribution in [2.75, 3.05) is 26.5 Å². The summed E-state index contributed by atoms with van der Waals surface area (Å²) in [5.41, 5.74) is 1.29. The van der Waals surface area contributed by atoms with E-state index in [1.54, 1.807) is 44.4 Å². The zero-order chi connectivity index (χ0) is 32.5. The summed E-state index contributed by atoms with van der Waals surface area (Å²) in [7, 11) is 4.38. The van der Waals surface area contributed by atoms with Crippen molar-refractivity contribution in [3.8, 4) is 5.75 Å². The standard InChI is InChI=1S/C31H32F2N6O6/c1-38(2)27(40)12-5-4-9-23(36-31(43)44-3)29(41)35-24-11-7-15-39(30(24)42)17-26-34-22-10-6-8-19(28(22)37-26)18-45-25-14-13-20(32)16-21(25)33/h5-8,10-16,23H,4,9,17-18H2,1-3H3,(H,34,37)(H,35,41)(H,36,43)/b12-5+. The van der Waals surface area contributed by atoms with E-state index in [0.29, 0.717) is 28.8 Å². The van der Waals surface area contributed by atoms with Crippen molar-refractivity contribution in [2.24, 2.45) is 0 Å². The fraction of sp³-hybridized carbons (Fsp3) is 0.258. The first-order chi connectivity index (χ1) is 21.5. The number of nitrogens with one attached hydrogen (secondary N) is 3. The SMILES string of the molecule is COC(=O)NC(CC/C=C/C(=O)N(C)C)C(=O)Nc1cccn(Cc2nc3c(COc4ccc(F)cc4F)cccc3[nH]2)c1=O. The Hall–Kier alpha value is -5.53. The molecule has 236 valence electrons. The number of anilines is 1. The molecule has 4 aromatic rings. The maximum absolute atomic E-state index is 14.0. The van der Waals surface area contributed by atoms with E-state index in [-0.39, 0.29) is 36.9 Å². The van der Waals surface area contributed by atoms with Gasteiger partial charge >= 0.3 is 6.09 Å². The highest BCUT2D eigenvalue weighted by Crippen LogP contribution is 2.22. The quantitative estimate of drug-likeness (QED) is 0.204. The van der Waals surface area contributed by atoms with Gasteiger partial charge in [-0.15, -0.1) is 0 Å². The Morgan fingerprint density at radius 3 is 2.67 bits per heavy atom. The molecule has 0 aliphatic carbocycles. The van der Waals surface area contributed by atoms with Gasteiger partial charge in [-0.3, -0.25) is 14.4 Å². The van der Waals surface area contributed by atoms with Crippen molar-refractivity contribution in [1.82, 2.24) is 24.8 Å². The molecule has 0 spiro atoms. The van der Waals surface area contributed by atoms with E-state index < -0.39 is 35.2 Å². The molecule has 0 aliphatic rings. The Balaban J connectivity index is 1.47. The highest BCUT2D eigenvalue weighted by molar-refractivity contribution is 5.96. The van der Waals surface area contributed by atoms with Crippen LogP contribution >= 0.6 is 0 Å². The van der Waals surface area contributed by atoms with Crippen LogP contribution in [0.4, 0.5) is 19.3 Å². The second kappa shape index (κ2) is 14.8. The molecule has 0 fully saturated rings. The number of aromatic nitrogens is 3. The van der Waals surface area contributed by atoms with Crippen molar-refractivity contribution in [2.45, 2.75) is 32.0 Å². The first-order valence-corrected chi connectivity index (χ1v) is 13.8. The summed E-state index contributed by atoms with van der Waals surface area (Å²) in [6.45, 7) is -0.00712. The molecule has 0 bridgehead atoms. The largest absolute Gasteiger partial charge is 0.486 e. The smallest absolute Gasteiger partial charge is 0.407 e. The molecule has 3 N–H and O–H groups in total. The minimum absolute atomic E-state index is 0.0241. The Labute approximate surface area is 256 Å². The lowest BCUT2D eigenvalue weighted by Crippen LogP contribution is -2.44. The van der Waals surface area contributed by atoms with Gasteiger partial charge in [0.25, 0.3) is 5.56 Å². The zero-order valence-electron chi connectivity index (χ0n) is 24.8. The Kier molecular flexibility index (Phi) is 10.6. The molecule has 14 heteroatoms. The predicted octanol–water partition coefficient (Wildman–Crippen LogP) is 3.72. The number of aromatic amines is 1. The van der Waals surface area contributed by atoms with Crippen molar-refractivity contribution >= 4 is 34.6 Å². The van der Waals surface area contributed by atoms with Crippen LogP contribution < -0.4 is 20.9 Å². The van der Waals surface area contributed by atoms with Crippen LogP contribution in [0.3, 0.4) is 0 Å². The number of para-hydroxylation sites is 1. The number of amides is 3. The molecule has 4 rings (SSSR count). The lowest BCUT2D eigenvalue weighted by molar-refractivity contribution is -0.123. The van der Waals surface area contributed by atoms with Gasteiger partial charge in [-0.1, -0.05) is 18.2 Å². The van der Waals surface area contributed by atoms with Crippen LogP contribution in [-0.4, -0.2) is 64.6 Å². The highest BCUT2D eigenvalue weighted by Gasteiger charge is 2.22. The van der Waals surface area contributed by atoms with Gasteiger partial charge in [0, 0.05) is 31.9 Å². The lowest BCUT2D eigenvalue weighted by Gasteiger charge is -2.17. The van der Waals surface area contributed by atoms with Crippen LogP contribution in [0.2, 0.25) is 0 Å². The van der Waals surface area contributed by atoms with Gasteiger partial charge in [-0.05, 0) is 49.2 Å². The third-order valence-corrected chi connectivity index (χ3v) is 6.64. The van der Waals surface area contributed by atoms with Crippen molar-refractivity contribution in [3.05, 3.63) is 100 Å². The van der Waals surface area contributed by atoms with Gasteiger partial charge in [0.1, 0.15) is 30.0 Å². The zero-order valence-corrected chi connectivity index (χ0v) is 24.8. The Morgan fingerprint density at radius 2 is 1.93 bits per heavy atom. The number of methoxy groups -OCH3 is 1. The third kappa shape index (κ3) is 8.53. The Bertz CT molecular complexity index is 1780. The van der Waals surface area contributed by atoms with Crippen LogP contribution in [0.15, 0.2) is 71.7 Å². The minimum Gasteiger partial charge on any atom is -0.486 e. The topological polar surface area (TPSA) is 148 Å².